The summed E-state index contributed by atoms with van der Waals surface area (Å²) in [6.45, 7) is 2.34. The van der Waals surface area contributed by atoms with Gasteiger partial charge >= 0.3 is 12.1 Å². The van der Waals surface area contributed by atoms with E-state index < -0.39 is 36.3 Å². The fourth-order valence-corrected chi connectivity index (χ4v) is 4.72. The molecule has 1 aromatic heterocycles. The molecule has 0 radical (unpaired) electrons. The van der Waals surface area contributed by atoms with Crippen molar-refractivity contribution in [2.45, 2.75) is 19.6 Å². The smallest absolute Gasteiger partial charge is 0.449 e. The van der Waals surface area contributed by atoms with Crippen LogP contribution in [0, 0.1) is 0 Å². The molecular formula is C26H23Cl2F3N4O5. The molecule has 1 aliphatic rings. The number of aromatic nitrogens is 2. The molecule has 2 aromatic carbocycles. The molecule has 0 unspecified atom stereocenters. The molecule has 2 heterocycles. The van der Waals surface area contributed by atoms with Crippen LogP contribution in [-0.4, -0.2) is 65.1 Å². The Hall–Kier alpha value is -3.61. The highest BCUT2D eigenvalue weighted by Gasteiger charge is 2.39. The summed E-state index contributed by atoms with van der Waals surface area (Å²) in [5.41, 5.74) is -0.110. The van der Waals surface area contributed by atoms with Crippen LogP contribution in [0.1, 0.15) is 28.7 Å². The first-order valence-corrected chi connectivity index (χ1v) is 12.8. The standard InChI is InChI=1S/C26H23Cl2F3N4O5/c1-2-40-20(37)9-7-15-6-8-16(27)21(22(15)28)24(38)32-17-4-3-5-18-23(17)33-25(26(29,30)31)35(18)14-19(36)34-10-12-39-13-11-34/h3-9H,2,10-14H2,1H3,(H,32,38). The Morgan fingerprint density at radius 2 is 1.88 bits per heavy atom. The van der Waals surface area contributed by atoms with Gasteiger partial charge in [-0.25, -0.2) is 9.78 Å². The number of nitrogens with one attached hydrogen (secondary N) is 1. The number of halogens is 5. The molecule has 4 rings (SSSR count). The number of morpholine rings is 1. The first kappa shape index (κ1) is 29.4. The number of carbonyl (C=O) groups is 3. The molecule has 212 valence electrons. The van der Waals surface area contributed by atoms with E-state index in [9.17, 15) is 27.6 Å². The predicted molar refractivity (Wildman–Crippen MR) is 142 cm³/mol. The number of rotatable bonds is 7. The molecule has 1 aliphatic heterocycles. The monoisotopic (exact) mass is 598 g/mol. The predicted octanol–water partition coefficient (Wildman–Crippen LogP) is 5.05. The van der Waals surface area contributed by atoms with Crippen molar-refractivity contribution in [3.05, 3.63) is 63.4 Å². The fraction of sp³-hybridized carbons (Fsp3) is 0.308. The number of ether oxygens (including phenoxy) is 2. The third-order valence-electron chi connectivity index (χ3n) is 5.97. The van der Waals surface area contributed by atoms with E-state index in [0.717, 1.165) is 10.6 Å². The van der Waals surface area contributed by atoms with E-state index in [1.54, 1.807) is 6.92 Å². The third kappa shape index (κ3) is 6.40. The van der Waals surface area contributed by atoms with E-state index in [-0.39, 0.29) is 57.6 Å². The molecule has 0 aliphatic carbocycles. The maximum atomic E-state index is 14.0. The minimum atomic E-state index is -4.88. The number of hydrogen-bond acceptors (Lipinski definition) is 6. The Bertz CT molecular complexity index is 1480. The molecule has 14 heteroatoms. The van der Waals surface area contributed by atoms with Crippen molar-refractivity contribution in [3.63, 3.8) is 0 Å². The lowest BCUT2D eigenvalue weighted by Gasteiger charge is -2.27. The Morgan fingerprint density at radius 3 is 2.55 bits per heavy atom. The molecule has 1 fully saturated rings. The number of nitrogens with zero attached hydrogens (tertiary/aromatic N) is 3. The first-order valence-electron chi connectivity index (χ1n) is 12.1. The SMILES string of the molecule is CCOC(=O)C=Cc1ccc(Cl)c(C(=O)Nc2cccc3c2nc(C(F)(F)F)n3CC(=O)N2CCOCC2)c1Cl. The van der Waals surface area contributed by atoms with Crippen molar-refractivity contribution in [1.29, 1.82) is 0 Å². The molecule has 1 N–H and O–H groups in total. The van der Waals surface area contributed by atoms with Crippen molar-refractivity contribution in [3.8, 4) is 0 Å². The van der Waals surface area contributed by atoms with Crippen LogP contribution in [0.3, 0.4) is 0 Å². The minimum absolute atomic E-state index is 0.00458. The molecule has 0 bridgehead atoms. The van der Waals surface area contributed by atoms with Crippen molar-refractivity contribution < 1.29 is 37.0 Å². The van der Waals surface area contributed by atoms with Crippen LogP contribution in [0.2, 0.25) is 10.0 Å². The maximum Gasteiger partial charge on any atom is 0.449 e. The molecule has 0 spiro atoms. The molecule has 1 saturated heterocycles. The highest BCUT2D eigenvalue weighted by molar-refractivity contribution is 6.41. The maximum absolute atomic E-state index is 14.0. The van der Waals surface area contributed by atoms with Crippen molar-refractivity contribution in [2.75, 3.05) is 38.2 Å². The van der Waals surface area contributed by atoms with Crippen LogP contribution in [0.5, 0.6) is 0 Å². The second-order valence-corrected chi connectivity index (χ2v) is 9.34. The zero-order chi connectivity index (χ0) is 29.0. The summed E-state index contributed by atoms with van der Waals surface area (Å²) in [7, 11) is 0. The second kappa shape index (κ2) is 12.3. The van der Waals surface area contributed by atoms with Gasteiger partial charge in [0, 0.05) is 19.2 Å². The van der Waals surface area contributed by atoms with E-state index in [1.165, 1.54) is 41.3 Å². The number of para-hydroxylation sites is 1. The Balaban J connectivity index is 1.68. The number of carbonyl (C=O) groups excluding carboxylic acids is 3. The number of benzene rings is 2. The molecule has 0 atom stereocenters. The van der Waals surface area contributed by atoms with Crippen LogP contribution in [0.15, 0.2) is 36.4 Å². The van der Waals surface area contributed by atoms with Gasteiger partial charge in [0.1, 0.15) is 12.1 Å². The highest BCUT2D eigenvalue weighted by Crippen LogP contribution is 2.35. The summed E-state index contributed by atoms with van der Waals surface area (Å²) in [4.78, 5) is 42.9. The summed E-state index contributed by atoms with van der Waals surface area (Å²) in [6.07, 6.45) is -2.40. The number of imidazole rings is 1. The van der Waals surface area contributed by atoms with Gasteiger partial charge in [-0.1, -0.05) is 35.3 Å². The van der Waals surface area contributed by atoms with E-state index >= 15 is 0 Å². The van der Waals surface area contributed by atoms with Gasteiger partial charge in [-0.2, -0.15) is 13.2 Å². The number of hydrogen-bond donors (Lipinski definition) is 1. The number of esters is 1. The lowest BCUT2D eigenvalue weighted by atomic mass is 10.1. The van der Waals surface area contributed by atoms with E-state index in [4.69, 9.17) is 32.7 Å². The van der Waals surface area contributed by atoms with Gasteiger partial charge in [0.25, 0.3) is 5.91 Å². The first-order chi connectivity index (χ1) is 19.0. The molecular weight excluding hydrogens is 576 g/mol. The average Bonchev–Trinajstić information content (AvgIpc) is 3.29. The van der Waals surface area contributed by atoms with Crippen molar-refractivity contribution in [1.82, 2.24) is 14.5 Å². The summed E-state index contributed by atoms with van der Waals surface area (Å²) in [5, 5.41) is 2.41. The summed E-state index contributed by atoms with van der Waals surface area (Å²) in [6, 6.07) is 7.05. The zero-order valence-electron chi connectivity index (χ0n) is 21.1. The van der Waals surface area contributed by atoms with Crippen LogP contribution < -0.4 is 5.32 Å². The number of anilines is 1. The van der Waals surface area contributed by atoms with Gasteiger partial charge in [-0.3, -0.25) is 9.59 Å². The Kier molecular flexibility index (Phi) is 9.02. The molecule has 2 amide bonds. The average molecular weight is 599 g/mol. The van der Waals surface area contributed by atoms with E-state index in [0.29, 0.717) is 13.2 Å². The normalized spacial score (nSPS) is 14.1. The molecule has 3 aromatic rings. The zero-order valence-corrected chi connectivity index (χ0v) is 22.6. The minimum Gasteiger partial charge on any atom is -0.463 e. The lowest BCUT2D eigenvalue weighted by molar-refractivity contribution is -0.148. The molecule has 9 nitrogen and oxygen atoms in total. The Morgan fingerprint density at radius 1 is 1.15 bits per heavy atom. The van der Waals surface area contributed by atoms with Gasteiger partial charge in [0.15, 0.2) is 0 Å². The summed E-state index contributed by atoms with van der Waals surface area (Å²) < 4.78 is 52.7. The summed E-state index contributed by atoms with van der Waals surface area (Å²) >= 11 is 12.6. The largest absolute Gasteiger partial charge is 0.463 e. The Labute approximate surface area is 236 Å². The number of alkyl halides is 3. The third-order valence-corrected chi connectivity index (χ3v) is 6.69. The van der Waals surface area contributed by atoms with Gasteiger partial charge < -0.3 is 24.3 Å². The number of amides is 2. The van der Waals surface area contributed by atoms with Gasteiger partial charge in [-0.05, 0) is 36.8 Å². The fourth-order valence-electron chi connectivity index (χ4n) is 4.11. The van der Waals surface area contributed by atoms with Gasteiger partial charge in [0.2, 0.25) is 11.7 Å². The quantitative estimate of drug-likeness (QED) is 0.301. The second-order valence-electron chi connectivity index (χ2n) is 8.55. The molecule has 0 saturated carbocycles. The van der Waals surface area contributed by atoms with Crippen LogP contribution in [-0.2, 0) is 31.8 Å². The van der Waals surface area contributed by atoms with Crippen LogP contribution in [0.25, 0.3) is 17.1 Å². The van der Waals surface area contributed by atoms with E-state index in [2.05, 4.69) is 10.3 Å². The molecule has 40 heavy (non-hydrogen) atoms. The lowest BCUT2D eigenvalue weighted by Crippen LogP contribution is -2.42. The van der Waals surface area contributed by atoms with E-state index in [1.807, 2.05) is 0 Å². The van der Waals surface area contributed by atoms with Gasteiger partial charge in [0.05, 0.1) is 46.6 Å². The van der Waals surface area contributed by atoms with Crippen molar-refractivity contribution in [2.24, 2.45) is 0 Å². The summed E-state index contributed by atoms with van der Waals surface area (Å²) in [5.74, 6) is -3.24. The highest BCUT2D eigenvalue weighted by atomic mass is 35.5. The van der Waals surface area contributed by atoms with Crippen molar-refractivity contribution >= 4 is 63.8 Å². The van der Waals surface area contributed by atoms with Crippen LogP contribution in [0.4, 0.5) is 18.9 Å². The topological polar surface area (TPSA) is 103 Å². The van der Waals surface area contributed by atoms with Gasteiger partial charge in [-0.15, -0.1) is 0 Å². The number of fused-ring (bicyclic) bond motifs is 1. The van der Waals surface area contributed by atoms with Crippen LogP contribution >= 0.6 is 23.2 Å².